The van der Waals surface area contributed by atoms with Crippen LogP contribution in [0.15, 0.2) is 66.7 Å². The third-order valence-corrected chi connectivity index (χ3v) is 9.60. The van der Waals surface area contributed by atoms with E-state index < -0.39 is 0 Å². The van der Waals surface area contributed by atoms with Crippen LogP contribution in [-0.4, -0.2) is 0 Å². The van der Waals surface area contributed by atoms with E-state index in [-0.39, 0.29) is 0 Å². The number of hydrogen-bond donors (Lipinski definition) is 0. The molecule has 0 heterocycles. The van der Waals surface area contributed by atoms with Crippen molar-refractivity contribution in [1.29, 1.82) is 0 Å². The molecular formula is C39H56. The maximum atomic E-state index is 2.50. The Morgan fingerprint density at radius 1 is 0.667 bits per heavy atom. The highest BCUT2D eigenvalue weighted by atomic mass is 14.3. The Kier molecular flexibility index (Phi) is 10.3. The number of hydrogen-bond acceptors (Lipinski definition) is 0. The van der Waals surface area contributed by atoms with E-state index >= 15 is 0 Å². The van der Waals surface area contributed by atoms with Crippen LogP contribution in [0.5, 0.6) is 0 Å². The van der Waals surface area contributed by atoms with Crippen LogP contribution in [0.25, 0.3) is 0 Å². The van der Waals surface area contributed by atoms with E-state index in [2.05, 4.69) is 143 Å². The summed E-state index contributed by atoms with van der Waals surface area (Å²) in [6.45, 7) is 25.9. The van der Waals surface area contributed by atoms with Crippen molar-refractivity contribution < 1.29 is 0 Å². The lowest BCUT2D eigenvalue weighted by Gasteiger charge is -2.32. The van der Waals surface area contributed by atoms with E-state index in [1.165, 1.54) is 45.4 Å². The van der Waals surface area contributed by atoms with Crippen LogP contribution >= 0.6 is 0 Å². The first-order valence-corrected chi connectivity index (χ1v) is 15.4. The molecular weight excluding hydrogens is 468 g/mol. The second-order valence-corrected chi connectivity index (χ2v) is 14.8. The van der Waals surface area contributed by atoms with Crippen LogP contribution < -0.4 is 0 Å². The van der Waals surface area contributed by atoms with Crippen LogP contribution in [0.1, 0.15) is 126 Å². The van der Waals surface area contributed by atoms with Crippen LogP contribution in [0, 0.1) is 29.6 Å². The molecule has 39 heavy (non-hydrogen) atoms. The molecule has 0 amide bonds. The fourth-order valence-electron chi connectivity index (χ4n) is 5.69. The summed E-state index contributed by atoms with van der Waals surface area (Å²) >= 11 is 0. The van der Waals surface area contributed by atoms with Crippen molar-refractivity contribution >= 4 is 0 Å². The largest absolute Gasteiger partial charge is 0.0623 e. The lowest BCUT2D eigenvalue weighted by Crippen LogP contribution is -2.22. The third kappa shape index (κ3) is 8.83. The molecule has 3 aromatic carbocycles. The van der Waals surface area contributed by atoms with Crippen molar-refractivity contribution in [2.45, 2.75) is 114 Å². The maximum Gasteiger partial charge on any atom is -0.00256 e. The zero-order valence-electron chi connectivity index (χ0n) is 27.0. The minimum absolute atomic E-state index is 0.300. The molecule has 0 spiro atoms. The highest BCUT2D eigenvalue weighted by Gasteiger charge is 2.26. The van der Waals surface area contributed by atoms with Gasteiger partial charge in [-0.25, -0.2) is 0 Å². The quantitative estimate of drug-likeness (QED) is 0.234. The van der Waals surface area contributed by atoms with Crippen molar-refractivity contribution in [1.82, 2.24) is 0 Å². The molecule has 0 saturated heterocycles. The number of aryl methyl sites for hydroxylation is 1. The van der Waals surface area contributed by atoms with Crippen molar-refractivity contribution in [2.24, 2.45) is 22.7 Å². The molecule has 0 nitrogen and oxygen atoms in total. The maximum absolute atomic E-state index is 2.50. The molecule has 3 aromatic rings. The van der Waals surface area contributed by atoms with E-state index in [1.54, 1.807) is 0 Å². The van der Waals surface area contributed by atoms with Crippen molar-refractivity contribution in [3.05, 3.63) is 106 Å². The summed E-state index contributed by atoms with van der Waals surface area (Å²) in [5.74, 6) is 2.38. The minimum Gasteiger partial charge on any atom is -0.0623 e. The van der Waals surface area contributed by atoms with Crippen LogP contribution in [-0.2, 0) is 19.3 Å². The van der Waals surface area contributed by atoms with E-state index in [9.17, 15) is 0 Å². The highest BCUT2D eigenvalue weighted by Crippen LogP contribution is 2.37. The molecule has 2 unspecified atom stereocenters. The van der Waals surface area contributed by atoms with Gasteiger partial charge in [0.25, 0.3) is 0 Å². The Hall–Kier alpha value is -2.34. The van der Waals surface area contributed by atoms with Crippen LogP contribution in [0.4, 0.5) is 0 Å². The van der Waals surface area contributed by atoms with Crippen molar-refractivity contribution in [3.63, 3.8) is 0 Å². The van der Waals surface area contributed by atoms with Crippen molar-refractivity contribution in [2.75, 3.05) is 0 Å². The average Bonchev–Trinajstić information content (AvgIpc) is 2.83. The fourth-order valence-corrected chi connectivity index (χ4v) is 5.69. The van der Waals surface area contributed by atoms with Gasteiger partial charge < -0.3 is 0 Å². The van der Waals surface area contributed by atoms with Gasteiger partial charge in [0.15, 0.2) is 0 Å². The zero-order valence-corrected chi connectivity index (χ0v) is 27.0. The molecule has 212 valence electrons. The van der Waals surface area contributed by atoms with E-state index in [1.807, 2.05) is 0 Å². The Bertz CT molecular complexity index is 1200. The first-order valence-electron chi connectivity index (χ1n) is 15.4. The second-order valence-electron chi connectivity index (χ2n) is 14.8. The predicted molar refractivity (Wildman–Crippen MR) is 173 cm³/mol. The highest BCUT2D eigenvalue weighted by molar-refractivity contribution is 5.37. The molecule has 0 aliphatic rings. The van der Waals surface area contributed by atoms with Crippen LogP contribution in [0.2, 0.25) is 0 Å². The summed E-state index contributed by atoms with van der Waals surface area (Å²) in [6, 6.07) is 26.0. The van der Waals surface area contributed by atoms with E-state index in [0.717, 1.165) is 19.3 Å². The Morgan fingerprint density at radius 3 is 1.90 bits per heavy atom. The second kappa shape index (κ2) is 12.9. The van der Waals surface area contributed by atoms with E-state index in [0.29, 0.717) is 34.5 Å². The van der Waals surface area contributed by atoms with Gasteiger partial charge in [0.05, 0.1) is 0 Å². The summed E-state index contributed by atoms with van der Waals surface area (Å²) in [7, 11) is 0. The molecule has 0 heteroatoms. The standard InChI is InChI=1S/C39H56/c1-27(2)37-19-18-33(20-29(37)5)22-31-15-13-17-35(24-31)36(21-30(6)38(7,8)9)25-32-14-12-16-34(23-32)26-39(10,11)28(3)4/h12-20,23-24,27-28,30,36H,21-22,25-26H2,1-11H3. The molecule has 0 aliphatic heterocycles. The van der Waals surface area contributed by atoms with Gasteiger partial charge in [-0.15, -0.1) is 0 Å². The van der Waals surface area contributed by atoms with Gasteiger partial charge >= 0.3 is 0 Å². The molecule has 2 atom stereocenters. The molecule has 3 rings (SSSR count). The Balaban J connectivity index is 1.89. The normalized spacial score (nSPS) is 14.2. The van der Waals surface area contributed by atoms with Crippen molar-refractivity contribution in [3.8, 4) is 0 Å². The topological polar surface area (TPSA) is 0 Å². The SMILES string of the molecule is Cc1cc(Cc2cccc(C(Cc3cccc(CC(C)(C)C(C)C)c3)CC(C)C(C)(C)C)c2)ccc1C(C)C. The minimum atomic E-state index is 0.300. The smallest absolute Gasteiger partial charge is 0.00256 e. The summed E-state index contributed by atoms with van der Waals surface area (Å²) in [4.78, 5) is 0. The van der Waals surface area contributed by atoms with Gasteiger partial charge in [0.1, 0.15) is 0 Å². The summed E-state index contributed by atoms with van der Waals surface area (Å²) in [6.07, 6.45) is 4.43. The summed E-state index contributed by atoms with van der Waals surface area (Å²) in [5, 5.41) is 0. The lowest BCUT2D eigenvalue weighted by molar-refractivity contribution is 0.232. The number of rotatable bonds is 11. The molecule has 0 aromatic heterocycles. The lowest BCUT2D eigenvalue weighted by atomic mass is 9.73. The van der Waals surface area contributed by atoms with Crippen LogP contribution in [0.3, 0.4) is 0 Å². The molecule has 0 saturated carbocycles. The summed E-state index contributed by atoms with van der Waals surface area (Å²) in [5.41, 5.74) is 10.8. The Labute approximate surface area is 241 Å². The first-order chi connectivity index (χ1) is 18.2. The Morgan fingerprint density at radius 2 is 1.28 bits per heavy atom. The van der Waals surface area contributed by atoms with Gasteiger partial charge in [0.2, 0.25) is 0 Å². The molecule has 0 radical (unpaired) electrons. The van der Waals surface area contributed by atoms with E-state index in [4.69, 9.17) is 0 Å². The predicted octanol–water partition coefficient (Wildman–Crippen LogP) is 11.3. The van der Waals surface area contributed by atoms with Gasteiger partial charge in [-0.05, 0) is 106 Å². The van der Waals surface area contributed by atoms with Gasteiger partial charge in [-0.2, -0.15) is 0 Å². The summed E-state index contributed by atoms with van der Waals surface area (Å²) < 4.78 is 0. The zero-order chi connectivity index (χ0) is 29.0. The molecule has 0 N–H and O–H groups in total. The van der Waals surface area contributed by atoms with Gasteiger partial charge in [-0.3, -0.25) is 0 Å². The molecule has 0 bridgehead atoms. The first kappa shape index (κ1) is 31.2. The monoisotopic (exact) mass is 524 g/mol. The fraction of sp³-hybridized carbons (Fsp3) is 0.538. The third-order valence-electron chi connectivity index (χ3n) is 9.60. The molecule has 0 fully saturated rings. The average molecular weight is 525 g/mol. The number of benzene rings is 3. The molecule has 0 aliphatic carbocycles. The van der Waals surface area contributed by atoms with Gasteiger partial charge in [0, 0.05) is 0 Å². The van der Waals surface area contributed by atoms with Gasteiger partial charge in [-0.1, -0.05) is 136 Å².